The molecule has 2 unspecified atom stereocenters. The third-order valence-corrected chi connectivity index (χ3v) is 2.56. The van der Waals surface area contributed by atoms with E-state index in [1.165, 1.54) is 7.11 Å². The number of hydrogen-bond acceptors (Lipinski definition) is 5. The quantitative estimate of drug-likeness (QED) is 0.515. The first-order valence-electron chi connectivity index (χ1n) is 5.39. The van der Waals surface area contributed by atoms with Crippen LogP contribution in [0, 0.1) is 0 Å². The van der Waals surface area contributed by atoms with Crippen molar-refractivity contribution >= 4 is 11.9 Å². The lowest BCUT2D eigenvalue weighted by molar-refractivity contribution is -0.150. The zero-order valence-corrected chi connectivity index (χ0v) is 9.36. The summed E-state index contributed by atoms with van der Waals surface area (Å²) in [6.45, 7) is 0.848. The Labute approximate surface area is 94.3 Å². The summed E-state index contributed by atoms with van der Waals surface area (Å²) >= 11 is 0. The molecule has 0 aromatic rings. The summed E-state index contributed by atoms with van der Waals surface area (Å²) in [5.74, 6) is -0.901. The summed E-state index contributed by atoms with van der Waals surface area (Å²) in [7, 11) is 1.19. The Kier molecular flexibility index (Phi) is 5.21. The lowest BCUT2D eigenvalue weighted by Gasteiger charge is -2.12. The molecular weight excluding hydrogens is 212 g/mol. The number of hydrogen-bond donors (Lipinski definition) is 3. The van der Waals surface area contributed by atoms with E-state index in [9.17, 15) is 14.7 Å². The number of rotatable bonds is 5. The Balaban J connectivity index is 2.16. The smallest absolute Gasteiger partial charge is 0.336 e. The molecule has 0 saturated carbocycles. The van der Waals surface area contributed by atoms with Crippen molar-refractivity contribution in [3.8, 4) is 0 Å². The second-order valence-electron chi connectivity index (χ2n) is 3.84. The molecule has 16 heavy (non-hydrogen) atoms. The minimum atomic E-state index is -1.29. The summed E-state index contributed by atoms with van der Waals surface area (Å²) in [4.78, 5) is 22.2. The minimum Gasteiger partial charge on any atom is -0.467 e. The van der Waals surface area contributed by atoms with E-state index in [1.54, 1.807) is 0 Å². The fourth-order valence-corrected chi connectivity index (χ4v) is 1.66. The maximum absolute atomic E-state index is 11.4. The highest BCUT2D eigenvalue weighted by molar-refractivity contribution is 5.79. The second kappa shape index (κ2) is 6.44. The first-order chi connectivity index (χ1) is 7.63. The van der Waals surface area contributed by atoms with Crippen LogP contribution >= 0.6 is 0 Å². The van der Waals surface area contributed by atoms with Gasteiger partial charge in [0.1, 0.15) is 0 Å². The molecule has 0 aromatic carbocycles. The van der Waals surface area contributed by atoms with Gasteiger partial charge in [-0.25, -0.2) is 4.79 Å². The molecule has 0 bridgehead atoms. The molecule has 1 aliphatic heterocycles. The van der Waals surface area contributed by atoms with Gasteiger partial charge < -0.3 is 20.5 Å². The molecule has 1 amide bonds. The summed E-state index contributed by atoms with van der Waals surface area (Å²) in [5, 5.41) is 14.9. The van der Waals surface area contributed by atoms with Gasteiger partial charge in [0.05, 0.1) is 13.7 Å². The summed E-state index contributed by atoms with van der Waals surface area (Å²) in [5.41, 5.74) is 0. The Hall–Kier alpha value is -1.14. The number of nitrogens with one attached hydrogen (secondary N) is 2. The molecular formula is C10H18N2O4. The number of aliphatic hydroxyl groups is 1. The first kappa shape index (κ1) is 12.9. The number of ether oxygens (including phenoxy) is 1. The molecule has 1 saturated heterocycles. The van der Waals surface area contributed by atoms with Crippen molar-refractivity contribution in [1.82, 2.24) is 10.6 Å². The van der Waals surface area contributed by atoms with Crippen molar-refractivity contribution in [1.29, 1.82) is 0 Å². The lowest BCUT2D eigenvalue weighted by atomic mass is 10.1. The van der Waals surface area contributed by atoms with Gasteiger partial charge in [-0.3, -0.25) is 4.79 Å². The fraction of sp³-hybridized carbons (Fsp3) is 0.800. The zero-order valence-electron chi connectivity index (χ0n) is 9.36. The van der Waals surface area contributed by atoms with Gasteiger partial charge >= 0.3 is 5.97 Å². The molecule has 3 N–H and O–H groups in total. The summed E-state index contributed by atoms with van der Waals surface area (Å²) < 4.78 is 4.33. The van der Waals surface area contributed by atoms with Crippen LogP contribution in [0.3, 0.4) is 0 Å². The molecule has 92 valence electrons. The topological polar surface area (TPSA) is 87.7 Å². The van der Waals surface area contributed by atoms with Crippen LogP contribution in [0.5, 0.6) is 0 Å². The molecule has 1 heterocycles. The van der Waals surface area contributed by atoms with E-state index in [0.717, 1.165) is 19.4 Å². The van der Waals surface area contributed by atoms with Gasteiger partial charge in [0.2, 0.25) is 5.91 Å². The van der Waals surface area contributed by atoms with Crippen LogP contribution in [0.25, 0.3) is 0 Å². The van der Waals surface area contributed by atoms with Gasteiger partial charge in [-0.15, -0.1) is 0 Å². The predicted octanol–water partition coefficient (Wildman–Crippen LogP) is -1.22. The lowest BCUT2D eigenvalue weighted by Crippen LogP contribution is -2.39. The highest BCUT2D eigenvalue weighted by atomic mass is 16.5. The normalized spacial score (nSPS) is 21.5. The maximum atomic E-state index is 11.4. The van der Waals surface area contributed by atoms with Crippen LogP contribution in [0.1, 0.15) is 19.3 Å². The molecule has 2 atom stereocenters. The molecule has 6 heteroatoms. The van der Waals surface area contributed by atoms with Gasteiger partial charge in [0, 0.05) is 12.5 Å². The molecule has 0 aromatic heterocycles. The van der Waals surface area contributed by atoms with Crippen LogP contribution in [0.15, 0.2) is 0 Å². The van der Waals surface area contributed by atoms with E-state index >= 15 is 0 Å². The van der Waals surface area contributed by atoms with Crippen molar-refractivity contribution in [2.75, 3.05) is 20.2 Å². The number of methoxy groups -OCH3 is 1. The Morgan fingerprint density at radius 2 is 2.38 bits per heavy atom. The number of carbonyl (C=O) groups excluding carboxylic acids is 2. The van der Waals surface area contributed by atoms with Gasteiger partial charge in [0.15, 0.2) is 6.10 Å². The fourth-order valence-electron chi connectivity index (χ4n) is 1.66. The first-order valence-corrected chi connectivity index (χ1v) is 5.39. The largest absolute Gasteiger partial charge is 0.467 e. The Bertz CT molecular complexity index is 251. The van der Waals surface area contributed by atoms with E-state index in [4.69, 9.17) is 0 Å². The molecule has 1 fully saturated rings. The van der Waals surface area contributed by atoms with Gasteiger partial charge in [0.25, 0.3) is 0 Å². The average molecular weight is 230 g/mol. The van der Waals surface area contributed by atoms with Crippen molar-refractivity contribution in [2.24, 2.45) is 0 Å². The Morgan fingerprint density at radius 3 is 2.94 bits per heavy atom. The van der Waals surface area contributed by atoms with E-state index in [-0.39, 0.29) is 18.5 Å². The van der Waals surface area contributed by atoms with E-state index in [0.29, 0.717) is 6.42 Å². The minimum absolute atomic E-state index is 0.0990. The number of carbonyl (C=O) groups is 2. The van der Waals surface area contributed by atoms with Crippen LogP contribution < -0.4 is 10.6 Å². The maximum Gasteiger partial charge on any atom is 0.336 e. The van der Waals surface area contributed by atoms with Crippen LogP contribution in [-0.4, -0.2) is 49.3 Å². The predicted molar refractivity (Wildman–Crippen MR) is 56.7 cm³/mol. The van der Waals surface area contributed by atoms with E-state index < -0.39 is 12.1 Å². The molecule has 1 rings (SSSR count). The SMILES string of the molecule is COC(=O)C(O)CNC(=O)CC1CCCN1. The van der Waals surface area contributed by atoms with Gasteiger partial charge in [-0.2, -0.15) is 0 Å². The van der Waals surface area contributed by atoms with Gasteiger partial charge in [-0.1, -0.05) is 0 Å². The van der Waals surface area contributed by atoms with Crippen molar-refractivity contribution in [2.45, 2.75) is 31.4 Å². The zero-order chi connectivity index (χ0) is 12.0. The molecule has 1 aliphatic rings. The van der Waals surface area contributed by atoms with Crippen molar-refractivity contribution < 1.29 is 19.4 Å². The highest BCUT2D eigenvalue weighted by Gasteiger charge is 2.20. The Morgan fingerprint density at radius 1 is 1.62 bits per heavy atom. The number of esters is 1. The van der Waals surface area contributed by atoms with Crippen LogP contribution in [0.4, 0.5) is 0 Å². The molecule has 0 aliphatic carbocycles. The second-order valence-corrected chi connectivity index (χ2v) is 3.84. The molecule has 0 radical (unpaired) electrons. The highest BCUT2D eigenvalue weighted by Crippen LogP contribution is 2.07. The van der Waals surface area contributed by atoms with Gasteiger partial charge in [-0.05, 0) is 19.4 Å². The molecule has 6 nitrogen and oxygen atoms in total. The van der Waals surface area contributed by atoms with E-state index in [1.807, 2.05) is 0 Å². The monoisotopic (exact) mass is 230 g/mol. The van der Waals surface area contributed by atoms with Crippen LogP contribution in [0.2, 0.25) is 0 Å². The van der Waals surface area contributed by atoms with Crippen molar-refractivity contribution in [3.05, 3.63) is 0 Å². The number of amides is 1. The average Bonchev–Trinajstić information content (AvgIpc) is 2.77. The van der Waals surface area contributed by atoms with Crippen molar-refractivity contribution in [3.63, 3.8) is 0 Å². The third kappa shape index (κ3) is 4.16. The van der Waals surface area contributed by atoms with E-state index in [2.05, 4.69) is 15.4 Å². The summed E-state index contributed by atoms with van der Waals surface area (Å²) in [6.07, 6.45) is 1.18. The van der Waals surface area contributed by atoms with Crippen LogP contribution in [-0.2, 0) is 14.3 Å². The standard InChI is InChI=1S/C10H18N2O4/c1-16-10(15)8(13)6-12-9(14)5-7-3-2-4-11-7/h7-8,11,13H,2-6H2,1H3,(H,12,14). The number of aliphatic hydroxyl groups excluding tert-OH is 1. The third-order valence-electron chi connectivity index (χ3n) is 2.56. The molecule has 0 spiro atoms. The summed E-state index contributed by atoms with van der Waals surface area (Å²) in [6, 6.07) is 0.218.